The molecular formula is C13H21FN2O. The topological polar surface area (TPSA) is 47.3 Å². The lowest BCUT2D eigenvalue weighted by atomic mass is 9.91. The van der Waals surface area contributed by atoms with Crippen molar-refractivity contribution in [3.63, 3.8) is 0 Å². The lowest BCUT2D eigenvalue weighted by Crippen LogP contribution is -2.33. The van der Waals surface area contributed by atoms with E-state index in [9.17, 15) is 4.39 Å². The molecule has 0 fully saturated rings. The fourth-order valence-electron chi connectivity index (χ4n) is 2.13. The van der Waals surface area contributed by atoms with Crippen LogP contribution in [0, 0.1) is 11.7 Å². The summed E-state index contributed by atoms with van der Waals surface area (Å²) in [6, 6.07) is 4.41. The van der Waals surface area contributed by atoms with Crippen LogP contribution in [0.2, 0.25) is 0 Å². The first-order chi connectivity index (χ1) is 8.13. The molecule has 1 aromatic carbocycles. The minimum Gasteiger partial charge on any atom is -0.496 e. The van der Waals surface area contributed by atoms with E-state index in [2.05, 4.69) is 19.3 Å². The van der Waals surface area contributed by atoms with E-state index in [1.807, 2.05) is 0 Å². The third-order valence-electron chi connectivity index (χ3n) is 3.02. The molecule has 0 heterocycles. The van der Waals surface area contributed by atoms with Gasteiger partial charge in [0.2, 0.25) is 0 Å². The van der Waals surface area contributed by atoms with Gasteiger partial charge in [-0.25, -0.2) is 4.39 Å². The first-order valence-electron chi connectivity index (χ1n) is 5.93. The first kappa shape index (κ1) is 13.9. The molecule has 0 saturated heterocycles. The van der Waals surface area contributed by atoms with E-state index >= 15 is 0 Å². The van der Waals surface area contributed by atoms with E-state index in [0.717, 1.165) is 18.4 Å². The number of hydrogen-bond acceptors (Lipinski definition) is 3. The van der Waals surface area contributed by atoms with E-state index in [1.165, 1.54) is 12.1 Å². The number of ether oxygens (including phenoxy) is 1. The molecule has 1 rings (SSSR count). The van der Waals surface area contributed by atoms with Crippen molar-refractivity contribution >= 4 is 0 Å². The van der Waals surface area contributed by atoms with E-state index in [4.69, 9.17) is 10.6 Å². The molecule has 0 amide bonds. The van der Waals surface area contributed by atoms with Gasteiger partial charge in [0.15, 0.2) is 0 Å². The summed E-state index contributed by atoms with van der Waals surface area (Å²) < 4.78 is 18.6. The Morgan fingerprint density at radius 3 is 2.71 bits per heavy atom. The predicted molar refractivity (Wildman–Crippen MR) is 67.1 cm³/mol. The highest BCUT2D eigenvalue weighted by atomic mass is 19.1. The largest absolute Gasteiger partial charge is 0.496 e. The summed E-state index contributed by atoms with van der Waals surface area (Å²) in [5.74, 6) is 6.29. The van der Waals surface area contributed by atoms with Gasteiger partial charge in [-0.3, -0.25) is 11.3 Å². The minimum absolute atomic E-state index is 0.0967. The molecule has 0 aromatic heterocycles. The van der Waals surface area contributed by atoms with Gasteiger partial charge in [-0.05, 0) is 30.5 Å². The van der Waals surface area contributed by atoms with Crippen molar-refractivity contribution < 1.29 is 9.13 Å². The van der Waals surface area contributed by atoms with Crippen LogP contribution in [0.25, 0.3) is 0 Å². The maximum Gasteiger partial charge on any atom is 0.123 e. The molecule has 2 unspecified atom stereocenters. The smallest absolute Gasteiger partial charge is 0.123 e. The second kappa shape index (κ2) is 6.57. The Hall–Kier alpha value is -1.13. The standard InChI is InChI=1S/C13H21FN2O/c1-4-5-9(2)13(16-15)11-8-10(14)6-7-12(11)17-3/h6-9,13,16H,4-5,15H2,1-3H3. The SMILES string of the molecule is CCCC(C)C(NN)c1cc(F)ccc1OC. The van der Waals surface area contributed by atoms with Crippen LogP contribution in [-0.4, -0.2) is 7.11 Å². The number of nitrogens with one attached hydrogen (secondary N) is 1. The lowest BCUT2D eigenvalue weighted by Gasteiger charge is -2.25. The third kappa shape index (κ3) is 3.41. The van der Waals surface area contributed by atoms with Crippen molar-refractivity contribution in [3.8, 4) is 5.75 Å². The fourth-order valence-corrected chi connectivity index (χ4v) is 2.13. The summed E-state index contributed by atoms with van der Waals surface area (Å²) in [6.07, 6.45) is 2.09. The Labute approximate surface area is 102 Å². The van der Waals surface area contributed by atoms with Crippen molar-refractivity contribution in [1.29, 1.82) is 0 Å². The number of rotatable bonds is 6. The van der Waals surface area contributed by atoms with Crippen LogP contribution in [0.15, 0.2) is 18.2 Å². The molecule has 0 saturated carbocycles. The highest BCUT2D eigenvalue weighted by Gasteiger charge is 2.21. The zero-order valence-corrected chi connectivity index (χ0v) is 10.7. The molecule has 0 spiro atoms. The molecule has 96 valence electrons. The summed E-state index contributed by atoms with van der Waals surface area (Å²) in [5.41, 5.74) is 3.53. The first-order valence-corrected chi connectivity index (χ1v) is 5.93. The Bertz CT molecular complexity index is 357. The Morgan fingerprint density at radius 1 is 1.47 bits per heavy atom. The third-order valence-corrected chi connectivity index (χ3v) is 3.02. The van der Waals surface area contributed by atoms with Crippen molar-refractivity contribution in [2.75, 3.05) is 7.11 Å². The lowest BCUT2D eigenvalue weighted by molar-refractivity contribution is 0.344. The van der Waals surface area contributed by atoms with Gasteiger partial charge < -0.3 is 4.74 Å². The van der Waals surface area contributed by atoms with Crippen molar-refractivity contribution in [2.45, 2.75) is 32.7 Å². The van der Waals surface area contributed by atoms with Crippen LogP contribution < -0.4 is 16.0 Å². The molecule has 0 aliphatic rings. The molecule has 1 aromatic rings. The average molecular weight is 240 g/mol. The number of hydrazine groups is 1. The van der Waals surface area contributed by atoms with E-state index in [-0.39, 0.29) is 11.9 Å². The molecule has 3 nitrogen and oxygen atoms in total. The highest BCUT2D eigenvalue weighted by Crippen LogP contribution is 2.32. The second-order valence-electron chi connectivity index (χ2n) is 4.30. The van der Waals surface area contributed by atoms with Crippen LogP contribution >= 0.6 is 0 Å². The minimum atomic E-state index is -0.273. The molecule has 0 aliphatic carbocycles. The average Bonchev–Trinajstić information content (AvgIpc) is 2.31. The van der Waals surface area contributed by atoms with Gasteiger partial charge in [0, 0.05) is 5.56 Å². The summed E-state index contributed by atoms with van der Waals surface area (Å²) >= 11 is 0. The van der Waals surface area contributed by atoms with Crippen molar-refractivity contribution in [1.82, 2.24) is 5.43 Å². The predicted octanol–water partition coefficient (Wildman–Crippen LogP) is 2.77. The molecule has 3 N–H and O–H groups in total. The van der Waals surface area contributed by atoms with Gasteiger partial charge in [-0.15, -0.1) is 0 Å². The quantitative estimate of drug-likeness (QED) is 0.593. The summed E-state index contributed by atoms with van der Waals surface area (Å²) in [4.78, 5) is 0. The van der Waals surface area contributed by atoms with Gasteiger partial charge >= 0.3 is 0 Å². The second-order valence-corrected chi connectivity index (χ2v) is 4.30. The molecule has 4 heteroatoms. The maximum atomic E-state index is 13.3. The normalized spacial score (nSPS) is 14.4. The van der Waals surface area contributed by atoms with E-state index in [0.29, 0.717) is 11.7 Å². The molecule has 0 bridgehead atoms. The zero-order chi connectivity index (χ0) is 12.8. The number of benzene rings is 1. The molecule has 0 radical (unpaired) electrons. The highest BCUT2D eigenvalue weighted by molar-refractivity contribution is 5.36. The molecule has 0 aliphatic heterocycles. The van der Waals surface area contributed by atoms with Crippen LogP contribution in [0.5, 0.6) is 5.75 Å². The summed E-state index contributed by atoms with van der Waals surface area (Å²) in [7, 11) is 1.58. The Morgan fingerprint density at radius 2 is 2.18 bits per heavy atom. The van der Waals surface area contributed by atoms with Gasteiger partial charge in [-0.2, -0.15) is 0 Å². The zero-order valence-electron chi connectivity index (χ0n) is 10.7. The van der Waals surface area contributed by atoms with E-state index < -0.39 is 0 Å². The molecule has 17 heavy (non-hydrogen) atoms. The maximum absolute atomic E-state index is 13.3. The summed E-state index contributed by atoms with van der Waals surface area (Å²) in [5, 5.41) is 0. The van der Waals surface area contributed by atoms with Gasteiger partial charge in [-0.1, -0.05) is 20.3 Å². The van der Waals surface area contributed by atoms with Crippen molar-refractivity contribution in [3.05, 3.63) is 29.6 Å². The van der Waals surface area contributed by atoms with E-state index in [1.54, 1.807) is 13.2 Å². The summed E-state index contributed by atoms with van der Waals surface area (Å²) in [6.45, 7) is 4.21. The monoisotopic (exact) mass is 240 g/mol. The van der Waals surface area contributed by atoms with Gasteiger partial charge in [0.25, 0.3) is 0 Å². The van der Waals surface area contributed by atoms with Crippen LogP contribution in [-0.2, 0) is 0 Å². The van der Waals surface area contributed by atoms with Crippen molar-refractivity contribution in [2.24, 2.45) is 11.8 Å². The molecule has 2 atom stereocenters. The van der Waals surface area contributed by atoms with Gasteiger partial charge in [0.1, 0.15) is 11.6 Å². The Balaban J connectivity index is 3.05. The molecular weight excluding hydrogens is 219 g/mol. The van der Waals surface area contributed by atoms with Crippen LogP contribution in [0.4, 0.5) is 4.39 Å². The number of nitrogens with two attached hydrogens (primary N) is 1. The Kier molecular flexibility index (Phi) is 5.38. The number of methoxy groups -OCH3 is 1. The van der Waals surface area contributed by atoms with Gasteiger partial charge in [0.05, 0.1) is 13.2 Å². The number of hydrogen-bond donors (Lipinski definition) is 2. The fraction of sp³-hybridized carbons (Fsp3) is 0.538. The van der Waals surface area contributed by atoms with Crippen LogP contribution in [0.3, 0.4) is 0 Å². The van der Waals surface area contributed by atoms with Crippen LogP contribution in [0.1, 0.15) is 38.3 Å². The number of halogens is 1.